The van der Waals surface area contributed by atoms with Crippen LogP contribution < -0.4 is 0 Å². The highest BCUT2D eigenvalue weighted by atomic mass is 19.4. The van der Waals surface area contributed by atoms with E-state index in [1.165, 1.54) is 6.07 Å². The van der Waals surface area contributed by atoms with Gasteiger partial charge in [0.25, 0.3) is 0 Å². The Morgan fingerprint density at radius 1 is 1.25 bits per heavy atom. The van der Waals surface area contributed by atoms with Crippen molar-refractivity contribution in [1.29, 1.82) is 0 Å². The Morgan fingerprint density at radius 3 is 2.39 bits per heavy atom. The fourth-order valence-corrected chi connectivity index (χ4v) is 4.15. The summed E-state index contributed by atoms with van der Waals surface area (Å²) in [7, 11) is 0. The number of likely N-dealkylation sites (N-methyl/N-ethyl adjacent to an activating group) is 1. The fourth-order valence-electron chi connectivity index (χ4n) is 4.15. The number of hydrogen-bond acceptors (Lipinski definition) is 3. The number of hydrogen-bond donors (Lipinski definition) is 1. The maximum Gasteiger partial charge on any atom is 0.416 e. The van der Waals surface area contributed by atoms with Gasteiger partial charge >= 0.3 is 12.1 Å². The Kier molecular flexibility index (Phi) is 5.70. The summed E-state index contributed by atoms with van der Waals surface area (Å²) in [4.78, 5) is 27.7. The summed E-state index contributed by atoms with van der Waals surface area (Å²) >= 11 is 0. The number of carboxylic acids is 1. The molecule has 0 spiro atoms. The topological polar surface area (TPSA) is 60.9 Å². The first-order valence-electron chi connectivity index (χ1n) is 9.60. The van der Waals surface area contributed by atoms with Crippen LogP contribution in [0.25, 0.3) is 0 Å². The summed E-state index contributed by atoms with van der Waals surface area (Å²) in [6.45, 7) is 3.51. The van der Waals surface area contributed by atoms with Gasteiger partial charge in [-0.25, -0.2) is 0 Å². The molecule has 2 aliphatic rings. The van der Waals surface area contributed by atoms with E-state index in [1.807, 2.05) is 11.8 Å². The van der Waals surface area contributed by atoms with Crippen LogP contribution in [0.1, 0.15) is 43.7 Å². The monoisotopic (exact) mass is 398 g/mol. The van der Waals surface area contributed by atoms with Crippen LogP contribution in [0.4, 0.5) is 13.2 Å². The van der Waals surface area contributed by atoms with Gasteiger partial charge in [0, 0.05) is 19.1 Å². The Hall–Kier alpha value is -2.09. The van der Waals surface area contributed by atoms with Crippen LogP contribution in [0.15, 0.2) is 24.3 Å². The second-order valence-corrected chi connectivity index (χ2v) is 7.64. The molecule has 1 N–H and O–H groups in total. The van der Waals surface area contributed by atoms with Crippen LogP contribution in [0.3, 0.4) is 0 Å². The Balaban J connectivity index is 1.68. The minimum absolute atomic E-state index is 0.0245. The predicted molar refractivity (Wildman–Crippen MR) is 96.8 cm³/mol. The molecule has 0 bridgehead atoms. The van der Waals surface area contributed by atoms with Crippen molar-refractivity contribution in [2.45, 2.75) is 50.2 Å². The van der Waals surface area contributed by atoms with E-state index in [4.69, 9.17) is 5.11 Å². The fraction of sp³-hybridized carbons (Fsp3) is 0.600. The number of likely N-dealkylation sites (tertiary alicyclic amines) is 1. The third-order valence-electron chi connectivity index (χ3n) is 5.91. The van der Waals surface area contributed by atoms with Crippen molar-refractivity contribution in [2.75, 3.05) is 26.2 Å². The molecule has 0 unspecified atom stereocenters. The summed E-state index contributed by atoms with van der Waals surface area (Å²) in [5, 5.41) is 9.02. The van der Waals surface area contributed by atoms with Crippen molar-refractivity contribution in [2.24, 2.45) is 0 Å². The molecule has 8 heteroatoms. The molecule has 1 aromatic carbocycles. The van der Waals surface area contributed by atoms with Gasteiger partial charge in [-0.15, -0.1) is 0 Å². The third kappa shape index (κ3) is 4.16. The van der Waals surface area contributed by atoms with Gasteiger partial charge in [-0.05, 0) is 43.9 Å². The average Bonchev–Trinajstić information content (AvgIpc) is 3.47. The molecule has 154 valence electrons. The average molecular weight is 398 g/mol. The number of alkyl halides is 3. The molecule has 1 amide bonds. The number of amides is 1. The first-order chi connectivity index (χ1) is 13.2. The summed E-state index contributed by atoms with van der Waals surface area (Å²) in [5.74, 6) is -0.978. The van der Waals surface area contributed by atoms with Gasteiger partial charge < -0.3 is 10.0 Å². The van der Waals surface area contributed by atoms with E-state index in [0.29, 0.717) is 50.9 Å². The molecule has 5 nitrogen and oxygen atoms in total. The molecule has 28 heavy (non-hydrogen) atoms. The molecule has 1 aliphatic carbocycles. The largest absolute Gasteiger partial charge is 0.480 e. The van der Waals surface area contributed by atoms with Crippen LogP contribution in [0.2, 0.25) is 0 Å². The highest BCUT2D eigenvalue weighted by Gasteiger charge is 2.53. The molecule has 0 radical (unpaired) electrons. The Morgan fingerprint density at radius 2 is 1.89 bits per heavy atom. The van der Waals surface area contributed by atoms with Crippen LogP contribution in [0.5, 0.6) is 0 Å². The maximum absolute atomic E-state index is 13.1. The normalized spacial score (nSPS) is 19.7. The van der Waals surface area contributed by atoms with Crippen molar-refractivity contribution >= 4 is 11.9 Å². The second-order valence-electron chi connectivity index (χ2n) is 7.64. The number of nitrogens with zero attached hydrogens (tertiary/aromatic N) is 2. The lowest BCUT2D eigenvalue weighted by molar-refractivity contribution is -0.140. The number of carbonyl (C=O) groups excluding carboxylic acids is 1. The second kappa shape index (κ2) is 7.73. The summed E-state index contributed by atoms with van der Waals surface area (Å²) in [6.07, 6.45) is -1.96. The molecule has 1 saturated heterocycles. The minimum atomic E-state index is -4.43. The zero-order valence-corrected chi connectivity index (χ0v) is 15.8. The molecular weight excluding hydrogens is 373 g/mol. The predicted octanol–water partition coefficient (Wildman–Crippen LogP) is 3.13. The SMILES string of the molecule is CCN(CC(=O)O)C1CCN(C(=O)C2(c3cccc(C(F)(F)F)c3)CC2)CC1. The maximum atomic E-state index is 13.1. The smallest absolute Gasteiger partial charge is 0.416 e. The number of carbonyl (C=O) groups is 2. The molecule has 1 aromatic rings. The molecular formula is C20H25F3N2O3. The number of piperidine rings is 1. The quantitative estimate of drug-likeness (QED) is 0.800. The van der Waals surface area contributed by atoms with Gasteiger partial charge in [-0.2, -0.15) is 13.2 Å². The zero-order chi connectivity index (χ0) is 20.5. The van der Waals surface area contributed by atoms with Gasteiger partial charge in [-0.1, -0.05) is 25.1 Å². The van der Waals surface area contributed by atoms with E-state index in [9.17, 15) is 22.8 Å². The third-order valence-corrected chi connectivity index (χ3v) is 5.91. The van der Waals surface area contributed by atoms with Crippen LogP contribution in [-0.2, 0) is 21.2 Å². The molecule has 1 saturated carbocycles. The van der Waals surface area contributed by atoms with Gasteiger partial charge in [0.1, 0.15) is 0 Å². The van der Waals surface area contributed by atoms with E-state index in [-0.39, 0.29) is 18.5 Å². The minimum Gasteiger partial charge on any atom is -0.480 e. The van der Waals surface area contributed by atoms with Crippen LogP contribution in [0, 0.1) is 0 Å². The molecule has 1 aliphatic heterocycles. The Bertz CT molecular complexity index is 738. The molecule has 0 atom stereocenters. The molecule has 0 aromatic heterocycles. The Labute approximate surface area is 162 Å². The zero-order valence-electron chi connectivity index (χ0n) is 15.8. The van der Waals surface area contributed by atoms with Crippen molar-refractivity contribution in [3.63, 3.8) is 0 Å². The van der Waals surface area contributed by atoms with Crippen LogP contribution in [-0.4, -0.2) is 59.0 Å². The van der Waals surface area contributed by atoms with E-state index in [1.54, 1.807) is 11.0 Å². The lowest BCUT2D eigenvalue weighted by atomic mass is 9.91. The molecule has 1 heterocycles. The van der Waals surface area contributed by atoms with Gasteiger partial charge in [0.15, 0.2) is 0 Å². The highest BCUT2D eigenvalue weighted by molar-refractivity contribution is 5.91. The van der Waals surface area contributed by atoms with E-state index < -0.39 is 23.1 Å². The summed E-state index contributed by atoms with van der Waals surface area (Å²) in [5.41, 5.74) is -1.12. The highest BCUT2D eigenvalue weighted by Crippen LogP contribution is 2.50. The van der Waals surface area contributed by atoms with Gasteiger partial charge in [-0.3, -0.25) is 14.5 Å². The van der Waals surface area contributed by atoms with Gasteiger partial charge in [0.2, 0.25) is 5.91 Å². The van der Waals surface area contributed by atoms with Crippen molar-refractivity contribution < 1.29 is 27.9 Å². The van der Waals surface area contributed by atoms with E-state index in [0.717, 1.165) is 12.1 Å². The number of rotatable bonds is 6. The number of aliphatic carboxylic acids is 1. The lowest BCUT2D eigenvalue weighted by Gasteiger charge is -2.38. The van der Waals surface area contributed by atoms with Crippen LogP contribution >= 0.6 is 0 Å². The number of carboxylic acid groups (broad SMARTS) is 1. The summed E-state index contributed by atoms with van der Waals surface area (Å²) in [6, 6.07) is 5.20. The number of benzene rings is 1. The van der Waals surface area contributed by atoms with Crippen molar-refractivity contribution in [3.05, 3.63) is 35.4 Å². The van der Waals surface area contributed by atoms with Crippen molar-refractivity contribution in [1.82, 2.24) is 9.80 Å². The van der Waals surface area contributed by atoms with E-state index in [2.05, 4.69) is 0 Å². The molecule has 2 fully saturated rings. The summed E-state index contributed by atoms with van der Waals surface area (Å²) < 4.78 is 39.1. The van der Waals surface area contributed by atoms with Crippen molar-refractivity contribution in [3.8, 4) is 0 Å². The lowest BCUT2D eigenvalue weighted by Crippen LogP contribution is -2.50. The number of halogens is 3. The first kappa shape index (κ1) is 20.6. The standard InChI is InChI=1S/C20H25F3N2O3/c1-2-24(13-17(26)27)16-6-10-25(11-7-16)18(28)19(8-9-19)14-4-3-5-15(12-14)20(21,22)23/h3-5,12,16H,2,6-11,13H2,1H3,(H,26,27). The van der Waals surface area contributed by atoms with E-state index >= 15 is 0 Å². The van der Waals surface area contributed by atoms with Gasteiger partial charge in [0.05, 0.1) is 17.5 Å². The first-order valence-corrected chi connectivity index (χ1v) is 9.60. The molecule has 3 rings (SSSR count).